The predicted molar refractivity (Wildman–Crippen MR) is 70.7 cm³/mol. The largest absolute Gasteiger partial charge is 0.496 e. The average molecular weight is 265 g/mol. The van der Waals surface area contributed by atoms with Gasteiger partial charge in [-0.25, -0.2) is 4.39 Å². The van der Waals surface area contributed by atoms with Crippen LogP contribution in [0.25, 0.3) is 0 Å². The minimum atomic E-state index is -0.212. The molecule has 0 spiro atoms. The van der Waals surface area contributed by atoms with E-state index in [0.717, 1.165) is 43.5 Å². The summed E-state index contributed by atoms with van der Waals surface area (Å²) in [7, 11) is 1.63. The van der Waals surface area contributed by atoms with Gasteiger partial charge in [-0.15, -0.1) is 0 Å². The first-order chi connectivity index (χ1) is 9.19. The maximum Gasteiger partial charge on any atom is 0.123 e. The summed E-state index contributed by atoms with van der Waals surface area (Å²) >= 11 is 0. The summed E-state index contributed by atoms with van der Waals surface area (Å²) in [5.74, 6) is 0.550. The molecule has 0 aromatic heterocycles. The number of halogens is 1. The quantitative estimate of drug-likeness (QED) is 0.911. The number of nitrogens with zero attached hydrogens (tertiary/aromatic N) is 1. The van der Waals surface area contributed by atoms with Crippen molar-refractivity contribution in [2.45, 2.75) is 43.9 Å². The maximum absolute atomic E-state index is 13.5. The molecule has 0 unspecified atom stereocenters. The van der Waals surface area contributed by atoms with Crippen LogP contribution in [0.5, 0.6) is 5.75 Å². The highest BCUT2D eigenvalue weighted by molar-refractivity contribution is 5.37. The summed E-state index contributed by atoms with van der Waals surface area (Å²) in [6.45, 7) is 1.03. The Morgan fingerprint density at radius 2 is 2.16 bits per heavy atom. The molecule has 19 heavy (non-hydrogen) atoms. The Morgan fingerprint density at radius 1 is 1.37 bits per heavy atom. The topological polar surface area (TPSA) is 32.7 Å². The fourth-order valence-corrected chi connectivity index (χ4v) is 3.36. The zero-order valence-corrected chi connectivity index (χ0v) is 11.2. The average Bonchev–Trinajstić information content (AvgIpc) is 2.83. The van der Waals surface area contributed by atoms with Crippen molar-refractivity contribution in [2.75, 3.05) is 13.7 Å². The molecule has 3 rings (SSSR count). The lowest BCUT2D eigenvalue weighted by atomic mass is 9.87. The van der Waals surface area contributed by atoms with E-state index >= 15 is 0 Å². The van der Waals surface area contributed by atoms with E-state index < -0.39 is 0 Å². The van der Waals surface area contributed by atoms with Crippen LogP contribution in [0.4, 0.5) is 4.39 Å². The van der Waals surface area contributed by atoms with Crippen LogP contribution in [0, 0.1) is 5.82 Å². The van der Waals surface area contributed by atoms with E-state index in [-0.39, 0.29) is 18.0 Å². The van der Waals surface area contributed by atoms with E-state index in [1.165, 1.54) is 6.07 Å². The molecular formula is C15H20FNO2. The van der Waals surface area contributed by atoms with E-state index in [0.29, 0.717) is 6.04 Å². The monoisotopic (exact) mass is 265 g/mol. The summed E-state index contributed by atoms with van der Waals surface area (Å²) < 4.78 is 18.9. The van der Waals surface area contributed by atoms with E-state index in [4.69, 9.17) is 4.74 Å². The number of hydrogen-bond donors (Lipinski definition) is 1. The number of ether oxygens (including phenoxy) is 1. The highest BCUT2D eigenvalue weighted by Crippen LogP contribution is 2.42. The van der Waals surface area contributed by atoms with Crippen LogP contribution in [0.2, 0.25) is 0 Å². The summed E-state index contributed by atoms with van der Waals surface area (Å²) in [6.07, 6.45) is 3.69. The van der Waals surface area contributed by atoms with E-state index in [1.54, 1.807) is 19.2 Å². The predicted octanol–water partition coefficient (Wildman–Crippen LogP) is 2.49. The number of likely N-dealkylation sites (tertiary alicyclic amines) is 1. The Hall–Kier alpha value is -1.13. The van der Waals surface area contributed by atoms with Crippen molar-refractivity contribution in [3.8, 4) is 5.75 Å². The molecule has 1 heterocycles. The van der Waals surface area contributed by atoms with Crippen LogP contribution in [-0.4, -0.2) is 35.8 Å². The lowest BCUT2D eigenvalue weighted by Crippen LogP contribution is -2.46. The Kier molecular flexibility index (Phi) is 3.46. The van der Waals surface area contributed by atoms with Crippen LogP contribution < -0.4 is 4.74 Å². The number of methoxy groups -OCH3 is 1. The van der Waals surface area contributed by atoms with E-state index in [1.807, 2.05) is 0 Å². The fourth-order valence-electron chi connectivity index (χ4n) is 3.36. The lowest BCUT2D eigenvalue weighted by molar-refractivity contribution is -0.00448. The lowest BCUT2D eigenvalue weighted by Gasteiger charge is -2.42. The molecule has 1 aromatic carbocycles. The molecule has 1 atom stereocenters. The van der Waals surface area contributed by atoms with E-state index in [2.05, 4.69) is 4.90 Å². The summed E-state index contributed by atoms with van der Waals surface area (Å²) in [6, 6.07) is 5.40. The molecule has 0 radical (unpaired) electrons. The van der Waals surface area contributed by atoms with Gasteiger partial charge in [0.15, 0.2) is 0 Å². The molecule has 1 aliphatic carbocycles. The molecule has 1 saturated heterocycles. The van der Waals surface area contributed by atoms with Gasteiger partial charge < -0.3 is 9.84 Å². The molecule has 2 fully saturated rings. The van der Waals surface area contributed by atoms with Crippen molar-refractivity contribution in [1.29, 1.82) is 0 Å². The first-order valence-electron chi connectivity index (χ1n) is 6.96. The standard InChI is InChI=1S/C15H20FNO2/c1-19-15-5-4-10(16)7-13(15)14-3-2-6-17(14)11-8-12(18)9-11/h4-5,7,11-12,14,18H,2-3,6,8-9H2,1H3/t11?,12?,14-/m1/s1. The van der Waals surface area contributed by atoms with Crippen molar-refractivity contribution in [3.63, 3.8) is 0 Å². The van der Waals surface area contributed by atoms with Crippen LogP contribution in [-0.2, 0) is 0 Å². The fraction of sp³-hybridized carbons (Fsp3) is 0.600. The summed E-state index contributed by atoms with van der Waals surface area (Å²) in [4.78, 5) is 2.41. The number of aliphatic hydroxyl groups excluding tert-OH is 1. The Bertz CT molecular complexity index is 459. The van der Waals surface area contributed by atoms with Gasteiger partial charge in [0.1, 0.15) is 11.6 Å². The smallest absolute Gasteiger partial charge is 0.123 e. The van der Waals surface area contributed by atoms with Gasteiger partial charge in [-0.3, -0.25) is 4.90 Å². The van der Waals surface area contributed by atoms with Gasteiger partial charge in [-0.05, 0) is 50.4 Å². The van der Waals surface area contributed by atoms with E-state index in [9.17, 15) is 9.50 Å². The first kappa shape index (κ1) is 12.9. The number of aliphatic hydroxyl groups is 1. The molecular weight excluding hydrogens is 245 g/mol. The molecule has 3 nitrogen and oxygen atoms in total. The second-order valence-electron chi connectivity index (χ2n) is 5.56. The zero-order valence-electron chi connectivity index (χ0n) is 11.2. The molecule has 4 heteroatoms. The molecule has 2 aliphatic rings. The maximum atomic E-state index is 13.5. The van der Waals surface area contributed by atoms with Gasteiger partial charge in [0.25, 0.3) is 0 Å². The van der Waals surface area contributed by atoms with Crippen LogP contribution in [0.15, 0.2) is 18.2 Å². The van der Waals surface area contributed by atoms with Crippen molar-refractivity contribution < 1.29 is 14.2 Å². The summed E-state index contributed by atoms with van der Waals surface area (Å²) in [5, 5.41) is 9.47. The van der Waals surface area contributed by atoms with Gasteiger partial charge in [-0.1, -0.05) is 0 Å². The summed E-state index contributed by atoms with van der Waals surface area (Å²) in [5.41, 5.74) is 0.946. The van der Waals surface area contributed by atoms with Gasteiger partial charge >= 0.3 is 0 Å². The highest BCUT2D eigenvalue weighted by Gasteiger charge is 2.39. The van der Waals surface area contributed by atoms with Crippen molar-refractivity contribution in [1.82, 2.24) is 4.90 Å². The third-order valence-electron chi connectivity index (χ3n) is 4.40. The molecule has 0 bridgehead atoms. The highest BCUT2D eigenvalue weighted by atomic mass is 19.1. The third kappa shape index (κ3) is 2.35. The molecule has 1 N–H and O–H groups in total. The van der Waals surface area contributed by atoms with Gasteiger partial charge in [0, 0.05) is 17.6 Å². The molecule has 1 saturated carbocycles. The first-order valence-corrected chi connectivity index (χ1v) is 6.96. The molecule has 1 aliphatic heterocycles. The number of hydrogen-bond acceptors (Lipinski definition) is 3. The Balaban J connectivity index is 1.85. The van der Waals surface area contributed by atoms with Crippen LogP contribution in [0.1, 0.15) is 37.3 Å². The van der Waals surface area contributed by atoms with Crippen molar-refractivity contribution in [3.05, 3.63) is 29.6 Å². The van der Waals surface area contributed by atoms with Crippen molar-refractivity contribution in [2.24, 2.45) is 0 Å². The molecule has 104 valence electrons. The van der Waals surface area contributed by atoms with Gasteiger partial charge in [-0.2, -0.15) is 0 Å². The number of benzene rings is 1. The normalized spacial score (nSPS) is 31.2. The Morgan fingerprint density at radius 3 is 2.84 bits per heavy atom. The van der Waals surface area contributed by atoms with Crippen LogP contribution >= 0.6 is 0 Å². The minimum absolute atomic E-state index is 0.152. The Labute approximate surface area is 113 Å². The molecule has 1 aromatic rings. The zero-order chi connectivity index (χ0) is 13.4. The number of rotatable bonds is 3. The van der Waals surface area contributed by atoms with Gasteiger partial charge in [0.2, 0.25) is 0 Å². The minimum Gasteiger partial charge on any atom is -0.496 e. The second kappa shape index (κ2) is 5.10. The van der Waals surface area contributed by atoms with Crippen molar-refractivity contribution >= 4 is 0 Å². The second-order valence-corrected chi connectivity index (χ2v) is 5.56. The SMILES string of the molecule is COc1ccc(F)cc1[C@H]1CCCN1C1CC(O)C1. The van der Waals surface area contributed by atoms with Gasteiger partial charge in [0.05, 0.1) is 13.2 Å². The third-order valence-corrected chi connectivity index (χ3v) is 4.40. The van der Waals surface area contributed by atoms with Crippen LogP contribution in [0.3, 0.4) is 0 Å². The molecule has 0 amide bonds.